The molecule has 7 nitrogen and oxygen atoms in total. The first-order valence-corrected chi connectivity index (χ1v) is 6.70. The van der Waals surface area contributed by atoms with Crippen LogP contribution in [0.2, 0.25) is 0 Å². The maximum Gasteiger partial charge on any atom is 0.242 e. The average Bonchev–Trinajstić information content (AvgIpc) is 2.82. The summed E-state index contributed by atoms with van der Waals surface area (Å²) in [5, 5.41) is 5.03. The van der Waals surface area contributed by atoms with Crippen LogP contribution in [0.15, 0.2) is 12.5 Å². The van der Waals surface area contributed by atoms with Gasteiger partial charge in [-0.25, -0.2) is 9.97 Å². The number of aromatic nitrogens is 4. The third kappa shape index (κ3) is 2.56. The molecule has 0 bridgehead atoms. The van der Waals surface area contributed by atoms with Crippen molar-refractivity contribution < 1.29 is 4.79 Å². The summed E-state index contributed by atoms with van der Waals surface area (Å²) in [5.74, 6) is 0.816. The summed E-state index contributed by atoms with van der Waals surface area (Å²) in [4.78, 5) is 24.3. The van der Waals surface area contributed by atoms with Gasteiger partial charge in [0.15, 0.2) is 5.65 Å². The van der Waals surface area contributed by atoms with E-state index in [2.05, 4.69) is 15.1 Å². The quantitative estimate of drug-likeness (QED) is 0.803. The van der Waals surface area contributed by atoms with Gasteiger partial charge in [0, 0.05) is 27.2 Å². The zero-order chi connectivity index (χ0) is 14.7. The second-order valence-corrected chi connectivity index (χ2v) is 4.62. The van der Waals surface area contributed by atoms with Crippen LogP contribution in [0.25, 0.3) is 11.0 Å². The third-order valence-electron chi connectivity index (χ3n) is 3.36. The molecule has 0 unspecified atom stereocenters. The van der Waals surface area contributed by atoms with E-state index in [1.165, 1.54) is 6.33 Å². The predicted octanol–water partition coefficient (Wildman–Crippen LogP) is 0.668. The van der Waals surface area contributed by atoms with Crippen LogP contribution in [0, 0.1) is 0 Å². The van der Waals surface area contributed by atoms with Crippen molar-refractivity contribution in [1.29, 1.82) is 0 Å². The largest absolute Gasteiger partial charge is 0.350 e. The van der Waals surface area contributed by atoms with Gasteiger partial charge in [0.05, 0.1) is 18.1 Å². The summed E-state index contributed by atoms with van der Waals surface area (Å²) < 4.78 is 1.70. The van der Waals surface area contributed by atoms with Gasteiger partial charge in [0.1, 0.15) is 12.1 Å². The van der Waals surface area contributed by atoms with Gasteiger partial charge in [-0.3, -0.25) is 9.48 Å². The molecule has 0 aliphatic rings. The Hall–Kier alpha value is -2.18. The van der Waals surface area contributed by atoms with Crippen LogP contribution < -0.4 is 4.90 Å². The van der Waals surface area contributed by atoms with Gasteiger partial charge in [-0.1, -0.05) is 0 Å². The van der Waals surface area contributed by atoms with E-state index in [0.29, 0.717) is 6.54 Å². The maximum atomic E-state index is 12.2. The number of amides is 1. The van der Waals surface area contributed by atoms with Gasteiger partial charge in [-0.05, 0) is 13.8 Å². The van der Waals surface area contributed by atoms with E-state index < -0.39 is 0 Å². The summed E-state index contributed by atoms with van der Waals surface area (Å²) >= 11 is 0. The van der Waals surface area contributed by atoms with Crippen LogP contribution in [0.5, 0.6) is 0 Å². The number of aryl methyl sites for hydroxylation is 1. The molecule has 2 aromatic rings. The topological polar surface area (TPSA) is 67.2 Å². The van der Waals surface area contributed by atoms with Gasteiger partial charge in [-0.15, -0.1) is 0 Å². The lowest BCUT2D eigenvalue weighted by molar-refractivity contribution is -0.129. The number of hydrogen-bond acceptors (Lipinski definition) is 5. The summed E-state index contributed by atoms with van der Waals surface area (Å²) in [7, 11) is 3.69. The van der Waals surface area contributed by atoms with Crippen molar-refractivity contribution in [2.24, 2.45) is 7.05 Å². The first-order chi connectivity index (χ1) is 9.58. The summed E-state index contributed by atoms with van der Waals surface area (Å²) in [6, 6.07) is 0. The van der Waals surface area contributed by atoms with Crippen molar-refractivity contribution in [2.45, 2.75) is 13.8 Å². The lowest BCUT2D eigenvalue weighted by Crippen LogP contribution is -2.39. The molecule has 2 aromatic heterocycles. The number of carbonyl (C=O) groups is 1. The molecular formula is C13H20N6O. The van der Waals surface area contributed by atoms with E-state index in [1.54, 1.807) is 15.8 Å². The third-order valence-corrected chi connectivity index (χ3v) is 3.36. The van der Waals surface area contributed by atoms with Crippen LogP contribution in [0.4, 0.5) is 5.82 Å². The minimum atomic E-state index is 0.0909. The van der Waals surface area contributed by atoms with E-state index in [9.17, 15) is 4.79 Å². The van der Waals surface area contributed by atoms with Crippen molar-refractivity contribution >= 4 is 22.8 Å². The maximum absolute atomic E-state index is 12.2. The van der Waals surface area contributed by atoms with Crippen molar-refractivity contribution in [3.05, 3.63) is 12.5 Å². The predicted molar refractivity (Wildman–Crippen MR) is 77.5 cm³/mol. The van der Waals surface area contributed by atoms with Crippen LogP contribution in [-0.2, 0) is 11.8 Å². The van der Waals surface area contributed by atoms with Crippen molar-refractivity contribution in [1.82, 2.24) is 24.6 Å². The zero-order valence-corrected chi connectivity index (χ0v) is 12.4. The zero-order valence-electron chi connectivity index (χ0n) is 12.4. The number of hydrogen-bond donors (Lipinski definition) is 0. The van der Waals surface area contributed by atoms with E-state index in [4.69, 9.17) is 0 Å². The molecule has 108 valence electrons. The molecule has 0 N–H and O–H groups in total. The molecule has 20 heavy (non-hydrogen) atoms. The highest BCUT2D eigenvalue weighted by Gasteiger charge is 2.16. The van der Waals surface area contributed by atoms with Crippen molar-refractivity contribution in [3.8, 4) is 0 Å². The minimum Gasteiger partial charge on any atom is -0.350 e. The molecule has 2 heterocycles. The standard InChI is InChI=1S/C13H20N6O/c1-5-19(6-2)11(20)8-17(3)12-10-7-16-18(4)13(10)15-9-14-12/h7,9H,5-6,8H2,1-4H3. The van der Waals surface area contributed by atoms with Gasteiger partial charge in [-0.2, -0.15) is 5.10 Å². The Morgan fingerprint density at radius 1 is 1.30 bits per heavy atom. The lowest BCUT2D eigenvalue weighted by Gasteiger charge is -2.23. The molecule has 0 atom stereocenters. The molecule has 7 heteroatoms. The average molecular weight is 276 g/mol. The Morgan fingerprint density at radius 3 is 2.65 bits per heavy atom. The first-order valence-electron chi connectivity index (χ1n) is 6.70. The number of rotatable bonds is 5. The van der Waals surface area contributed by atoms with Crippen molar-refractivity contribution in [3.63, 3.8) is 0 Å². The van der Waals surface area contributed by atoms with Crippen LogP contribution in [-0.4, -0.2) is 57.2 Å². The second-order valence-electron chi connectivity index (χ2n) is 4.62. The van der Waals surface area contributed by atoms with E-state index in [-0.39, 0.29) is 5.91 Å². The lowest BCUT2D eigenvalue weighted by atomic mass is 10.3. The van der Waals surface area contributed by atoms with Crippen molar-refractivity contribution in [2.75, 3.05) is 31.6 Å². The highest BCUT2D eigenvalue weighted by Crippen LogP contribution is 2.20. The highest BCUT2D eigenvalue weighted by atomic mass is 16.2. The monoisotopic (exact) mass is 276 g/mol. The molecule has 0 aromatic carbocycles. The Kier molecular flexibility index (Phi) is 4.16. The summed E-state index contributed by atoms with van der Waals surface area (Å²) in [6.45, 7) is 5.68. The van der Waals surface area contributed by atoms with E-state index >= 15 is 0 Å². The smallest absolute Gasteiger partial charge is 0.242 e. The van der Waals surface area contributed by atoms with E-state index in [1.807, 2.05) is 32.8 Å². The van der Waals surface area contributed by atoms with Crippen LogP contribution in [0.3, 0.4) is 0 Å². The number of fused-ring (bicyclic) bond motifs is 1. The minimum absolute atomic E-state index is 0.0909. The molecule has 0 fully saturated rings. The number of carbonyl (C=O) groups excluding carboxylic acids is 1. The number of likely N-dealkylation sites (N-methyl/N-ethyl adjacent to an activating group) is 2. The molecule has 0 saturated heterocycles. The summed E-state index contributed by atoms with van der Waals surface area (Å²) in [6.07, 6.45) is 3.22. The summed E-state index contributed by atoms with van der Waals surface area (Å²) in [5.41, 5.74) is 0.761. The van der Waals surface area contributed by atoms with Gasteiger partial charge < -0.3 is 9.80 Å². The fourth-order valence-electron chi connectivity index (χ4n) is 2.21. The molecule has 0 radical (unpaired) electrons. The Bertz CT molecular complexity index is 604. The van der Waals surface area contributed by atoms with Gasteiger partial charge >= 0.3 is 0 Å². The molecule has 0 aliphatic carbocycles. The Balaban J connectivity index is 2.23. The van der Waals surface area contributed by atoms with E-state index in [0.717, 1.165) is 29.9 Å². The second kappa shape index (κ2) is 5.85. The molecular weight excluding hydrogens is 256 g/mol. The van der Waals surface area contributed by atoms with Gasteiger partial charge in [0.25, 0.3) is 0 Å². The normalized spacial score (nSPS) is 10.8. The molecule has 0 aliphatic heterocycles. The SMILES string of the molecule is CCN(CC)C(=O)CN(C)c1ncnc2c1cnn2C. The molecule has 0 spiro atoms. The number of anilines is 1. The van der Waals surface area contributed by atoms with Crippen LogP contribution >= 0.6 is 0 Å². The molecule has 1 amide bonds. The first kappa shape index (κ1) is 14.2. The Labute approximate surface area is 118 Å². The van der Waals surface area contributed by atoms with Crippen LogP contribution in [0.1, 0.15) is 13.8 Å². The fraction of sp³-hybridized carbons (Fsp3) is 0.538. The molecule has 0 saturated carbocycles. The molecule has 2 rings (SSSR count). The Morgan fingerprint density at radius 2 is 2.00 bits per heavy atom. The fourth-order valence-corrected chi connectivity index (χ4v) is 2.21. The highest BCUT2D eigenvalue weighted by molar-refractivity contribution is 5.89. The van der Waals surface area contributed by atoms with Gasteiger partial charge in [0.2, 0.25) is 5.91 Å². The number of nitrogens with zero attached hydrogens (tertiary/aromatic N) is 6.